The van der Waals surface area contributed by atoms with Gasteiger partial charge >= 0.3 is 5.97 Å². The normalized spacial score (nSPS) is 10.5. The lowest BCUT2D eigenvalue weighted by molar-refractivity contribution is 0.0699. The van der Waals surface area contributed by atoms with Crippen LogP contribution in [-0.4, -0.2) is 11.1 Å². The molecule has 2 rings (SSSR count). The average molecular weight is 241 g/mol. The number of aromatic carboxylic acids is 1. The van der Waals surface area contributed by atoms with Gasteiger partial charge < -0.3 is 5.11 Å². The lowest BCUT2D eigenvalue weighted by Gasteiger charge is -2.04. The number of hydrogen-bond donors (Lipinski definition) is 1. The van der Waals surface area contributed by atoms with Crippen LogP contribution in [0.1, 0.15) is 10.4 Å². The molecule has 76 valence electrons. The molecule has 0 radical (unpaired) electrons. The van der Waals surface area contributed by atoms with E-state index >= 15 is 0 Å². The second-order valence-corrected chi connectivity index (χ2v) is 3.94. The highest BCUT2D eigenvalue weighted by Crippen LogP contribution is 2.29. The van der Waals surface area contributed by atoms with Crippen LogP contribution < -0.4 is 0 Å². The van der Waals surface area contributed by atoms with E-state index in [-0.39, 0.29) is 5.56 Å². The number of rotatable bonds is 1. The third-order valence-electron chi connectivity index (χ3n) is 2.14. The molecule has 0 spiro atoms. The average Bonchev–Trinajstić information content (AvgIpc) is 2.18. The summed E-state index contributed by atoms with van der Waals surface area (Å²) in [5.41, 5.74) is 0.167. The van der Waals surface area contributed by atoms with Gasteiger partial charge in [0.1, 0.15) is 0 Å². The van der Waals surface area contributed by atoms with E-state index in [0.29, 0.717) is 20.8 Å². The minimum Gasteiger partial charge on any atom is -0.478 e. The van der Waals surface area contributed by atoms with Crippen LogP contribution in [0.3, 0.4) is 0 Å². The van der Waals surface area contributed by atoms with Crippen LogP contribution in [0.15, 0.2) is 30.3 Å². The third kappa shape index (κ3) is 1.78. The predicted octanol–water partition coefficient (Wildman–Crippen LogP) is 3.84. The van der Waals surface area contributed by atoms with Crippen molar-refractivity contribution in [1.29, 1.82) is 0 Å². The molecule has 0 aromatic heterocycles. The molecule has 0 atom stereocenters. The van der Waals surface area contributed by atoms with E-state index in [1.54, 1.807) is 24.3 Å². The molecule has 1 N–H and O–H groups in total. The van der Waals surface area contributed by atoms with Gasteiger partial charge in [-0.05, 0) is 23.6 Å². The maximum atomic E-state index is 11.0. The topological polar surface area (TPSA) is 37.3 Å². The van der Waals surface area contributed by atoms with Crippen LogP contribution >= 0.6 is 23.2 Å². The highest BCUT2D eigenvalue weighted by Gasteiger charge is 2.11. The van der Waals surface area contributed by atoms with Crippen molar-refractivity contribution >= 4 is 39.9 Å². The first-order chi connectivity index (χ1) is 7.09. The first kappa shape index (κ1) is 10.3. The minimum absolute atomic E-state index is 0.167. The van der Waals surface area contributed by atoms with Crippen LogP contribution in [0.5, 0.6) is 0 Å². The molecule has 0 bridgehead atoms. The Hall–Kier alpha value is -1.25. The molecule has 4 heteroatoms. The number of carboxylic acids is 1. The summed E-state index contributed by atoms with van der Waals surface area (Å²) in [6.45, 7) is 0. The summed E-state index contributed by atoms with van der Waals surface area (Å²) in [7, 11) is 0. The summed E-state index contributed by atoms with van der Waals surface area (Å²) < 4.78 is 0. The Kier molecular flexibility index (Phi) is 2.55. The van der Waals surface area contributed by atoms with E-state index in [4.69, 9.17) is 28.3 Å². The molecule has 0 aliphatic rings. The molecule has 2 aromatic carbocycles. The monoisotopic (exact) mass is 240 g/mol. The molecule has 0 fully saturated rings. The zero-order valence-corrected chi connectivity index (χ0v) is 9.01. The summed E-state index contributed by atoms with van der Waals surface area (Å²) in [6.07, 6.45) is 0. The van der Waals surface area contributed by atoms with Gasteiger partial charge in [-0.15, -0.1) is 0 Å². The van der Waals surface area contributed by atoms with Gasteiger partial charge in [-0.2, -0.15) is 0 Å². The molecule has 2 nitrogen and oxygen atoms in total. The number of fused-ring (bicyclic) bond motifs is 1. The summed E-state index contributed by atoms with van der Waals surface area (Å²) in [6, 6.07) is 8.20. The molecule has 0 saturated heterocycles. The van der Waals surface area contributed by atoms with Gasteiger partial charge in [0.15, 0.2) is 0 Å². The standard InChI is InChI=1S/C11H6Cl2O2/c12-6-4-8-7(2-1-3-10(8)13)9(5-6)11(14)15/h1-5H,(H,14,15). The van der Waals surface area contributed by atoms with Crippen LogP contribution in [0.2, 0.25) is 10.0 Å². The van der Waals surface area contributed by atoms with Crippen molar-refractivity contribution in [2.45, 2.75) is 0 Å². The Bertz CT molecular complexity index is 550. The van der Waals surface area contributed by atoms with Crippen LogP contribution in [-0.2, 0) is 0 Å². The Labute approximate surface area is 96.0 Å². The highest BCUT2D eigenvalue weighted by atomic mass is 35.5. The van der Waals surface area contributed by atoms with E-state index in [0.717, 1.165) is 0 Å². The zero-order valence-electron chi connectivity index (χ0n) is 7.50. The fourth-order valence-corrected chi connectivity index (χ4v) is 1.94. The van der Waals surface area contributed by atoms with E-state index in [1.165, 1.54) is 6.07 Å². The second-order valence-electron chi connectivity index (χ2n) is 3.09. The van der Waals surface area contributed by atoms with Crippen LogP contribution in [0.4, 0.5) is 0 Å². The number of hydrogen-bond acceptors (Lipinski definition) is 1. The molecular weight excluding hydrogens is 235 g/mol. The summed E-state index contributed by atoms with van der Waals surface area (Å²) in [4.78, 5) is 11.0. The number of halogens is 2. The minimum atomic E-state index is -1.01. The van der Waals surface area contributed by atoms with Gasteiger partial charge in [-0.3, -0.25) is 0 Å². The van der Waals surface area contributed by atoms with E-state index in [2.05, 4.69) is 0 Å². The Morgan fingerprint density at radius 3 is 2.53 bits per heavy atom. The zero-order chi connectivity index (χ0) is 11.0. The molecule has 0 unspecified atom stereocenters. The molecule has 0 amide bonds. The fraction of sp³-hybridized carbons (Fsp3) is 0. The van der Waals surface area contributed by atoms with Gasteiger partial charge in [-0.25, -0.2) is 4.79 Å². The van der Waals surface area contributed by atoms with Crippen molar-refractivity contribution in [2.24, 2.45) is 0 Å². The number of carbonyl (C=O) groups is 1. The van der Waals surface area contributed by atoms with Crippen molar-refractivity contribution in [1.82, 2.24) is 0 Å². The fourth-order valence-electron chi connectivity index (χ4n) is 1.49. The van der Waals surface area contributed by atoms with Crippen LogP contribution in [0, 0.1) is 0 Å². The summed E-state index contributed by atoms with van der Waals surface area (Å²) in [5, 5.41) is 11.1. The summed E-state index contributed by atoms with van der Waals surface area (Å²) >= 11 is 11.8. The van der Waals surface area contributed by atoms with Gasteiger partial charge in [0.05, 0.1) is 5.56 Å². The van der Waals surface area contributed by atoms with Crippen molar-refractivity contribution in [2.75, 3.05) is 0 Å². The van der Waals surface area contributed by atoms with E-state index < -0.39 is 5.97 Å². The molecule has 0 aliphatic heterocycles. The van der Waals surface area contributed by atoms with Gasteiger partial charge in [-0.1, -0.05) is 35.3 Å². The lowest BCUT2D eigenvalue weighted by Crippen LogP contribution is -1.97. The smallest absolute Gasteiger partial charge is 0.336 e. The SMILES string of the molecule is O=C(O)c1cc(Cl)cc2c(Cl)cccc12. The number of carboxylic acid groups (broad SMARTS) is 1. The maximum absolute atomic E-state index is 11.0. The molecule has 0 heterocycles. The van der Waals surface area contributed by atoms with Gasteiger partial charge in [0.25, 0.3) is 0 Å². The lowest BCUT2D eigenvalue weighted by atomic mass is 10.0. The molecular formula is C11H6Cl2O2. The van der Waals surface area contributed by atoms with E-state index in [9.17, 15) is 4.79 Å². The van der Waals surface area contributed by atoms with Crippen molar-refractivity contribution < 1.29 is 9.90 Å². The highest BCUT2D eigenvalue weighted by molar-refractivity contribution is 6.37. The Morgan fingerprint density at radius 1 is 1.13 bits per heavy atom. The summed E-state index contributed by atoms with van der Waals surface area (Å²) in [5.74, 6) is -1.01. The first-order valence-corrected chi connectivity index (χ1v) is 4.96. The van der Waals surface area contributed by atoms with Crippen molar-refractivity contribution in [3.8, 4) is 0 Å². The predicted molar refractivity (Wildman–Crippen MR) is 60.9 cm³/mol. The largest absolute Gasteiger partial charge is 0.478 e. The second kappa shape index (κ2) is 3.72. The van der Waals surface area contributed by atoms with Gasteiger partial charge in [0.2, 0.25) is 0 Å². The van der Waals surface area contributed by atoms with E-state index in [1.807, 2.05) is 0 Å². The first-order valence-electron chi connectivity index (χ1n) is 4.20. The molecule has 0 aliphatic carbocycles. The quantitative estimate of drug-likeness (QED) is 0.823. The number of benzene rings is 2. The van der Waals surface area contributed by atoms with Crippen LogP contribution in [0.25, 0.3) is 10.8 Å². The van der Waals surface area contributed by atoms with Gasteiger partial charge in [0, 0.05) is 15.4 Å². The maximum Gasteiger partial charge on any atom is 0.336 e. The molecule has 0 saturated carbocycles. The Balaban J connectivity index is 2.92. The Morgan fingerprint density at radius 2 is 1.87 bits per heavy atom. The van der Waals surface area contributed by atoms with Crippen molar-refractivity contribution in [3.05, 3.63) is 45.9 Å². The van der Waals surface area contributed by atoms with Crippen molar-refractivity contribution in [3.63, 3.8) is 0 Å². The molecule has 2 aromatic rings. The third-order valence-corrected chi connectivity index (χ3v) is 2.69. The molecule has 15 heavy (non-hydrogen) atoms.